The van der Waals surface area contributed by atoms with Crippen LogP contribution in [0.5, 0.6) is 0 Å². The maximum absolute atomic E-state index is 13.4. The lowest BCUT2D eigenvalue weighted by Gasteiger charge is -2.47. The Balaban J connectivity index is 1.34. The first-order valence-corrected chi connectivity index (χ1v) is 15.4. The monoisotopic (exact) mass is 595 g/mol. The molecule has 3 fully saturated rings. The highest BCUT2D eigenvalue weighted by molar-refractivity contribution is 7.89. The first-order chi connectivity index (χ1) is 18.7. The van der Waals surface area contributed by atoms with Crippen molar-refractivity contribution in [1.29, 1.82) is 0 Å². The minimum atomic E-state index is -3.89. The number of halogens is 2. The number of aromatic nitrogens is 4. The zero-order chi connectivity index (χ0) is 28.7. The van der Waals surface area contributed by atoms with Gasteiger partial charge in [-0.25, -0.2) is 31.7 Å². The summed E-state index contributed by atoms with van der Waals surface area (Å²) >= 11 is 0.721. The Morgan fingerprint density at radius 3 is 2.52 bits per heavy atom. The van der Waals surface area contributed by atoms with Crippen LogP contribution in [-0.2, 0) is 14.8 Å². The Morgan fingerprint density at radius 1 is 1.18 bits per heavy atom. The fraction of sp³-hybridized carbons (Fsp3) is 0.600. The fourth-order valence-corrected chi connectivity index (χ4v) is 7.49. The molecule has 3 aromatic rings. The predicted molar refractivity (Wildman–Crippen MR) is 144 cm³/mol. The molecule has 40 heavy (non-hydrogen) atoms. The number of imidazole rings is 1. The van der Waals surface area contributed by atoms with Crippen molar-refractivity contribution in [2.75, 3.05) is 31.1 Å². The first-order valence-electron chi connectivity index (χ1n) is 13.1. The van der Waals surface area contributed by atoms with Gasteiger partial charge < -0.3 is 14.5 Å². The molecule has 1 aliphatic carbocycles. The fourth-order valence-electron chi connectivity index (χ4n) is 5.32. The summed E-state index contributed by atoms with van der Waals surface area (Å²) in [6, 6.07) is 1.64. The van der Waals surface area contributed by atoms with Gasteiger partial charge in [0.15, 0.2) is 15.8 Å². The van der Waals surface area contributed by atoms with Crippen molar-refractivity contribution >= 4 is 38.7 Å². The zero-order valence-electron chi connectivity index (χ0n) is 22.6. The zero-order valence-corrected chi connectivity index (χ0v) is 24.3. The van der Waals surface area contributed by atoms with Crippen LogP contribution in [0, 0.1) is 5.41 Å². The molecule has 3 aliphatic rings. The third-order valence-corrected chi connectivity index (χ3v) is 10.1. The number of amides is 1. The van der Waals surface area contributed by atoms with Crippen molar-refractivity contribution in [2.45, 2.75) is 69.4 Å². The van der Waals surface area contributed by atoms with E-state index in [9.17, 15) is 22.0 Å². The Kier molecular flexibility index (Phi) is 6.17. The number of likely N-dealkylation sites (tertiary alicyclic amines) is 1. The van der Waals surface area contributed by atoms with Crippen LogP contribution in [0.25, 0.3) is 16.3 Å². The Labute approximate surface area is 234 Å². The third-order valence-electron chi connectivity index (χ3n) is 7.59. The van der Waals surface area contributed by atoms with Crippen molar-refractivity contribution in [3.05, 3.63) is 23.5 Å². The Bertz CT molecular complexity index is 1590. The van der Waals surface area contributed by atoms with E-state index >= 15 is 0 Å². The molecule has 0 atom stereocenters. The lowest BCUT2D eigenvalue weighted by atomic mass is 9.79. The second-order valence-electron chi connectivity index (χ2n) is 12.3. The third kappa shape index (κ3) is 5.02. The van der Waals surface area contributed by atoms with Gasteiger partial charge in [0.05, 0.1) is 17.4 Å². The normalized spacial score (nSPS) is 20.0. The first kappa shape index (κ1) is 27.3. The summed E-state index contributed by atoms with van der Waals surface area (Å²) in [7, 11) is -3.89. The Morgan fingerprint density at radius 2 is 1.90 bits per heavy atom. The molecule has 11 nitrogen and oxygen atoms in total. The van der Waals surface area contributed by atoms with E-state index in [1.807, 2.05) is 27.7 Å². The van der Waals surface area contributed by atoms with Gasteiger partial charge in [-0.2, -0.15) is 0 Å². The lowest BCUT2D eigenvalue weighted by Crippen LogP contribution is -2.60. The van der Waals surface area contributed by atoms with Crippen molar-refractivity contribution in [3.63, 3.8) is 0 Å². The largest absolute Gasteiger partial charge is 0.444 e. The molecule has 1 saturated carbocycles. The van der Waals surface area contributed by atoms with E-state index in [1.54, 1.807) is 21.6 Å². The molecule has 5 heterocycles. The molecular weight excluding hydrogens is 564 g/mol. The number of anilines is 1. The van der Waals surface area contributed by atoms with Crippen molar-refractivity contribution in [2.24, 2.45) is 5.41 Å². The SMILES string of the molecule is CC1(NS(=O)(=O)c2cc(N3CCC4(CN(C(=O)OC(C)(C)C)C4)C3)c3cnc(-c4nnc(C(F)F)s4)n3c2)CC1. The van der Waals surface area contributed by atoms with Gasteiger partial charge >= 0.3 is 6.09 Å². The van der Waals surface area contributed by atoms with E-state index in [4.69, 9.17) is 4.74 Å². The summed E-state index contributed by atoms with van der Waals surface area (Å²) in [6.07, 6.45) is 2.27. The number of nitrogens with zero attached hydrogens (tertiary/aromatic N) is 6. The summed E-state index contributed by atoms with van der Waals surface area (Å²) in [4.78, 5) is 20.8. The van der Waals surface area contributed by atoms with Crippen LogP contribution < -0.4 is 9.62 Å². The number of ether oxygens (including phenoxy) is 1. The van der Waals surface area contributed by atoms with Crippen molar-refractivity contribution in [1.82, 2.24) is 29.2 Å². The van der Waals surface area contributed by atoms with E-state index in [2.05, 4.69) is 24.8 Å². The van der Waals surface area contributed by atoms with Gasteiger partial charge in [-0.3, -0.25) is 4.40 Å². The lowest BCUT2D eigenvalue weighted by molar-refractivity contribution is -0.0266. The molecule has 0 aromatic carbocycles. The summed E-state index contributed by atoms with van der Waals surface area (Å²) in [5.74, 6) is 0.240. The van der Waals surface area contributed by atoms with Crippen LogP contribution in [0.1, 0.15) is 58.4 Å². The number of carbonyl (C=O) groups is 1. The molecule has 6 rings (SSSR count). The van der Waals surface area contributed by atoms with Crippen LogP contribution in [0.2, 0.25) is 0 Å². The molecule has 1 spiro atoms. The van der Waals surface area contributed by atoms with E-state index in [0.29, 0.717) is 37.4 Å². The minimum absolute atomic E-state index is 0.0471. The molecule has 1 amide bonds. The second kappa shape index (κ2) is 9.05. The molecule has 3 aromatic heterocycles. The maximum atomic E-state index is 13.4. The summed E-state index contributed by atoms with van der Waals surface area (Å²) in [5.41, 5.74) is 0.102. The van der Waals surface area contributed by atoms with Crippen LogP contribution in [0.15, 0.2) is 23.4 Å². The number of fused-ring (bicyclic) bond motifs is 1. The number of pyridine rings is 1. The van der Waals surface area contributed by atoms with Gasteiger partial charge in [-0.05, 0) is 53.0 Å². The standard InChI is InChI=1S/C25H31F2N7O4S2/c1-23(2,3)38-22(35)33-13-25(14-33)7-8-32(12-25)16-9-15(40(36,37)31-24(4)5-6-24)11-34-17(16)10-28-19(34)21-30-29-20(39-21)18(26)27/h9-11,18,31H,5-8,12-14H2,1-4H3. The van der Waals surface area contributed by atoms with Crippen LogP contribution in [-0.4, -0.2) is 76.3 Å². The average molecular weight is 596 g/mol. The number of rotatable bonds is 6. The summed E-state index contributed by atoms with van der Waals surface area (Å²) < 4.78 is 63.2. The molecule has 15 heteroatoms. The summed E-state index contributed by atoms with van der Waals surface area (Å²) in [5, 5.41) is 7.20. The van der Waals surface area contributed by atoms with E-state index in [-0.39, 0.29) is 27.2 Å². The highest BCUT2D eigenvalue weighted by atomic mass is 32.2. The topological polar surface area (TPSA) is 122 Å². The molecule has 2 aliphatic heterocycles. The molecular formula is C25H31F2N7O4S2. The quantitative estimate of drug-likeness (QED) is 0.453. The van der Waals surface area contributed by atoms with Crippen molar-refractivity contribution in [3.8, 4) is 10.8 Å². The number of nitrogens with one attached hydrogen (secondary N) is 1. The predicted octanol–water partition coefficient (Wildman–Crippen LogP) is 4.07. The molecule has 0 radical (unpaired) electrons. The minimum Gasteiger partial charge on any atom is -0.444 e. The highest BCUT2D eigenvalue weighted by Gasteiger charge is 2.51. The highest BCUT2D eigenvalue weighted by Crippen LogP contribution is 2.44. The molecule has 2 saturated heterocycles. The van der Waals surface area contributed by atoms with Gasteiger partial charge in [0.25, 0.3) is 6.43 Å². The van der Waals surface area contributed by atoms with Gasteiger partial charge in [0.1, 0.15) is 10.5 Å². The van der Waals surface area contributed by atoms with Gasteiger partial charge in [0, 0.05) is 43.3 Å². The van der Waals surface area contributed by atoms with E-state index in [0.717, 1.165) is 30.6 Å². The molecule has 1 N–H and O–H groups in total. The second-order valence-corrected chi connectivity index (χ2v) is 15.0. The molecule has 0 unspecified atom stereocenters. The van der Waals surface area contributed by atoms with Gasteiger partial charge in [0.2, 0.25) is 10.0 Å². The number of carbonyl (C=O) groups excluding carboxylic acids is 1. The smallest absolute Gasteiger partial charge is 0.410 e. The van der Waals surface area contributed by atoms with Gasteiger partial charge in [-0.1, -0.05) is 11.3 Å². The number of alkyl halides is 2. The van der Waals surface area contributed by atoms with E-state index < -0.39 is 32.6 Å². The number of sulfonamides is 1. The average Bonchev–Trinajstić information content (AvgIpc) is 3.27. The number of hydrogen-bond donors (Lipinski definition) is 1. The van der Waals surface area contributed by atoms with Gasteiger partial charge in [-0.15, -0.1) is 10.2 Å². The van der Waals surface area contributed by atoms with Crippen LogP contribution in [0.3, 0.4) is 0 Å². The molecule has 216 valence electrons. The number of hydrogen-bond acceptors (Lipinski definition) is 9. The van der Waals surface area contributed by atoms with Crippen LogP contribution in [0.4, 0.5) is 19.3 Å². The maximum Gasteiger partial charge on any atom is 0.410 e. The molecule has 0 bridgehead atoms. The van der Waals surface area contributed by atoms with Crippen LogP contribution >= 0.6 is 11.3 Å². The van der Waals surface area contributed by atoms with Crippen molar-refractivity contribution < 1.29 is 26.7 Å². The summed E-state index contributed by atoms with van der Waals surface area (Å²) in [6.45, 7) is 9.73. The Hall–Kier alpha value is -2.91. The van der Waals surface area contributed by atoms with E-state index in [1.165, 1.54) is 6.20 Å².